The number of nitrogens with one attached hydrogen (secondary N) is 1. The van der Waals surface area contributed by atoms with E-state index in [-0.39, 0.29) is 28.9 Å². The van der Waals surface area contributed by atoms with Gasteiger partial charge in [0.1, 0.15) is 17.6 Å². The molecule has 0 saturated heterocycles. The van der Waals surface area contributed by atoms with Gasteiger partial charge in [-0.25, -0.2) is 9.36 Å². The Bertz CT molecular complexity index is 1530. The van der Waals surface area contributed by atoms with Crippen molar-refractivity contribution in [1.29, 1.82) is 0 Å². The lowest BCUT2D eigenvalue weighted by molar-refractivity contribution is -0.0500. The number of aldehydes is 1. The molecule has 1 aliphatic heterocycles. The zero-order valence-corrected chi connectivity index (χ0v) is 19.9. The van der Waals surface area contributed by atoms with E-state index in [0.29, 0.717) is 22.8 Å². The Kier molecular flexibility index (Phi) is 5.86. The number of alkyl halides is 3. The van der Waals surface area contributed by atoms with Crippen LogP contribution in [0.1, 0.15) is 47.1 Å². The standard InChI is InChI=1S/C23H19F3N2O7S/c1-22(2,3)34-21(31)28-16-6-4-12(11-29)8-13(16)9-17(28)14-5-7-18(15-10-27-20(30)19(14)15)35-36(32,33)23(24,25)26/h4-9,11H,10H2,1-3H3,(H,27,30). The number of carbonyl (C=O) groups excluding carboxylic acids is 3. The van der Waals surface area contributed by atoms with E-state index in [1.54, 1.807) is 20.8 Å². The molecule has 2 aromatic carbocycles. The van der Waals surface area contributed by atoms with Crippen molar-refractivity contribution in [2.24, 2.45) is 0 Å². The topological polar surface area (TPSA) is 121 Å². The largest absolute Gasteiger partial charge is 0.534 e. The van der Waals surface area contributed by atoms with Crippen LogP contribution in [0.25, 0.3) is 22.2 Å². The summed E-state index contributed by atoms with van der Waals surface area (Å²) in [6.07, 6.45) is -0.194. The molecule has 13 heteroatoms. The monoisotopic (exact) mass is 524 g/mol. The molecule has 1 N–H and O–H groups in total. The zero-order chi connectivity index (χ0) is 26.6. The summed E-state index contributed by atoms with van der Waals surface area (Å²) in [6.45, 7) is 4.66. The van der Waals surface area contributed by atoms with E-state index in [2.05, 4.69) is 9.50 Å². The normalized spacial score (nSPS) is 13.9. The van der Waals surface area contributed by atoms with E-state index in [1.165, 1.54) is 34.9 Å². The van der Waals surface area contributed by atoms with E-state index < -0.39 is 39.0 Å². The molecule has 0 bridgehead atoms. The molecule has 0 aliphatic carbocycles. The Balaban J connectivity index is 1.96. The number of hydrogen-bond acceptors (Lipinski definition) is 7. The molecule has 0 radical (unpaired) electrons. The highest BCUT2D eigenvalue weighted by Crippen LogP contribution is 2.39. The van der Waals surface area contributed by atoms with Crippen molar-refractivity contribution >= 4 is 39.3 Å². The number of amides is 1. The molecule has 190 valence electrons. The number of ether oxygens (including phenoxy) is 1. The average Bonchev–Trinajstić information content (AvgIpc) is 3.32. The van der Waals surface area contributed by atoms with E-state index in [4.69, 9.17) is 4.74 Å². The number of halogens is 3. The minimum absolute atomic E-state index is 0.117. The minimum Gasteiger partial charge on any atom is -0.443 e. The molecule has 1 aromatic heterocycles. The SMILES string of the molecule is CC(C)(C)OC(=O)n1c(-c2ccc(OS(=O)(=O)C(F)(F)F)c3c2C(=O)NC3)cc2cc(C=O)ccc21. The van der Waals surface area contributed by atoms with Crippen LogP contribution < -0.4 is 9.50 Å². The molecule has 0 atom stereocenters. The molecule has 4 rings (SSSR count). The van der Waals surface area contributed by atoms with Crippen LogP contribution in [0.3, 0.4) is 0 Å². The first kappa shape index (κ1) is 25.2. The second-order valence-corrected chi connectivity index (χ2v) is 10.4. The van der Waals surface area contributed by atoms with Crippen molar-refractivity contribution in [3.8, 4) is 17.0 Å². The van der Waals surface area contributed by atoms with Crippen molar-refractivity contribution in [1.82, 2.24) is 9.88 Å². The van der Waals surface area contributed by atoms with Crippen LogP contribution in [0.5, 0.6) is 5.75 Å². The number of rotatable bonds is 4. The molecule has 0 unspecified atom stereocenters. The van der Waals surface area contributed by atoms with Gasteiger partial charge in [-0.15, -0.1) is 0 Å². The van der Waals surface area contributed by atoms with Crippen molar-refractivity contribution in [3.63, 3.8) is 0 Å². The fourth-order valence-electron chi connectivity index (χ4n) is 3.79. The van der Waals surface area contributed by atoms with Crippen LogP contribution in [0.4, 0.5) is 18.0 Å². The molecule has 1 amide bonds. The number of aromatic nitrogens is 1. The third kappa shape index (κ3) is 4.41. The third-order valence-corrected chi connectivity index (χ3v) is 6.19. The summed E-state index contributed by atoms with van der Waals surface area (Å²) in [6, 6.07) is 8.18. The van der Waals surface area contributed by atoms with Gasteiger partial charge >= 0.3 is 21.7 Å². The summed E-state index contributed by atoms with van der Waals surface area (Å²) in [5.74, 6) is -1.38. The molecule has 9 nitrogen and oxygen atoms in total. The molecular weight excluding hydrogens is 505 g/mol. The first-order valence-electron chi connectivity index (χ1n) is 10.4. The molecule has 0 fully saturated rings. The number of hydrogen-bond donors (Lipinski definition) is 1. The molecule has 0 saturated carbocycles. The van der Waals surface area contributed by atoms with Crippen molar-refractivity contribution in [3.05, 3.63) is 53.1 Å². The van der Waals surface area contributed by atoms with Gasteiger partial charge in [0, 0.05) is 28.6 Å². The lowest BCUT2D eigenvalue weighted by atomic mass is 9.99. The van der Waals surface area contributed by atoms with Gasteiger partial charge in [-0.2, -0.15) is 21.6 Å². The van der Waals surface area contributed by atoms with E-state index in [1.807, 2.05) is 0 Å². The predicted molar refractivity (Wildman–Crippen MR) is 121 cm³/mol. The van der Waals surface area contributed by atoms with Crippen LogP contribution in [-0.4, -0.2) is 42.4 Å². The summed E-state index contributed by atoms with van der Waals surface area (Å²) in [7, 11) is -5.99. The summed E-state index contributed by atoms with van der Waals surface area (Å²) in [4.78, 5) is 37.1. The van der Waals surface area contributed by atoms with Gasteiger partial charge in [-0.05, 0) is 57.2 Å². The number of fused-ring (bicyclic) bond motifs is 2. The highest BCUT2D eigenvalue weighted by Gasteiger charge is 2.49. The Morgan fingerprint density at radius 3 is 2.42 bits per heavy atom. The van der Waals surface area contributed by atoms with Crippen molar-refractivity contribution < 1.29 is 44.9 Å². The van der Waals surface area contributed by atoms with Crippen molar-refractivity contribution in [2.75, 3.05) is 0 Å². The van der Waals surface area contributed by atoms with Gasteiger partial charge in [0.2, 0.25) is 0 Å². The van der Waals surface area contributed by atoms with Crippen LogP contribution >= 0.6 is 0 Å². The molecule has 3 aromatic rings. The summed E-state index contributed by atoms with van der Waals surface area (Å²) in [5.41, 5.74) is -5.93. The van der Waals surface area contributed by atoms with Crippen LogP contribution in [0.2, 0.25) is 0 Å². The van der Waals surface area contributed by atoms with Crippen LogP contribution in [-0.2, 0) is 21.4 Å². The lowest BCUT2D eigenvalue weighted by Gasteiger charge is -2.21. The van der Waals surface area contributed by atoms with Gasteiger partial charge < -0.3 is 14.2 Å². The fourth-order valence-corrected chi connectivity index (χ4v) is 4.27. The van der Waals surface area contributed by atoms with Gasteiger partial charge in [-0.3, -0.25) is 9.59 Å². The Morgan fingerprint density at radius 2 is 1.81 bits per heavy atom. The minimum atomic E-state index is -5.99. The second-order valence-electron chi connectivity index (χ2n) is 8.91. The smallest absolute Gasteiger partial charge is 0.443 e. The molecule has 2 heterocycles. The maximum atomic E-state index is 13.2. The highest BCUT2D eigenvalue weighted by molar-refractivity contribution is 7.88. The number of nitrogens with zero attached hydrogens (tertiary/aromatic N) is 1. The number of benzene rings is 2. The third-order valence-electron chi connectivity index (χ3n) is 5.22. The summed E-state index contributed by atoms with van der Waals surface area (Å²) >= 11 is 0. The van der Waals surface area contributed by atoms with Crippen molar-refractivity contribution in [2.45, 2.75) is 38.4 Å². The molecular formula is C23H19F3N2O7S. The van der Waals surface area contributed by atoms with Gasteiger partial charge in [-0.1, -0.05) is 0 Å². The molecule has 36 heavy (non-hydrogen) atoms. The zero-order valence-electron chi connectivity index (χ0n) is 19.1. The maximum absolute atomic E-state index is 13.2. The first-order chi connectivity index (χ1) is 16.6. The van der Waals surface area contributed by atoms with E-state index in [9.17, 15) is 36.0 Å². The summed E-state index contributed by atoms with van der Waals surface area (Å²) in [5, 5.41) is 2.88. The quantitative estimate of drug-likeness (QED) is 0.306. The Morgan fingerprint density at radius 1 is 1.11 bits per heavy atom. The lowest BCUT2D eigenvalue weighted by Crippen LogP contribution is -2.28. The Labute approximate surface area is 202 Å². The van der Waals surface area contributed by atoms with Crippen LogP contribution in [0.15, 0.2) is 36.4 Å². The molecule has 1 aliphatic rings. The summed E-state index contributed by atoms with van der Waals surface area (Å²) < 4.78 is 72.7. The fraction of sp³-hybridized carbons (Fsp3) is 0.261. The van der Waals surface area contributed by atoms with Crippen LogP contribution in [0, 0.1) is 0 Å². The van der Waals surface area contributed by atoms with Gasteiger partial charge in [0.05, 0.1) is 16.8 Å². The maximum Gasteiger partial charge on any atom is 0.534 e. The van der Waals surface area contributed by atoms with E-state index >= 15 is 0 Å². The average molecular weight is 524 g/mol. The highest BCUT2D eigenvalue weighted by atomic mass is 32.2. The number of carbonyl (C=O) groups is 3. The van der Waals surface area contributed by atoms with Gasteiger partial charge in [0.15, 0.2) is 0 Å². The van der Waals surface area contributed by atoms with E-state index in [0.717, 1.165) is 6.07 Å². The first-order valence-corrected chi connectivity index (χ1v) is 11.8. The van der Waals surface area contributed by atoms with Gasteiger partial charge in [0.25, 0.3) is 5.91 Å². The second kappa shape index (κ2) is 8.36. The predicted octanol–water partition coefficient (Wildman–Crippen LogP) is 4.38. The Hall–Kier alpha value is -3.87. The molecule has 0 spiro atoms.